The van der Waals surface area contributed by atoms with Crippen molar-refractivity contribution in [3.8, 4) is 0 Å². The molecule has 0 radical (unpaired) electrons. The van der Waals surface area contributed by atoms with Crippen LogP contribution in [0.2, 0.25) is 0 Å². The van der Waals surface area contributed by atoms with Crippen LogP contribution in [0.3, 0.4) is 0 Å². The zero-order valence-corrected chi connectivity index (χ0v) is 17.4. The Kier molecular flexibility index (Phi) is 5.16. The molecule has 0 saturated heterocycles. The summed E-state index contributed by atoms with van der Waals surface area (Å²) < 4.78 is 0. The number of hydrogen-bond donors (Lipinski definition) is 1. The molecule has 0 unspecified atom stereocenters. The van der Waals surface area contributed by atoms with Gasteiger partial charge in [-0.05, 0) is 36.4 Å². The average Bonchev–Trinajstić information content (AvgIpc) is 2.87. The lowest BCUT2D eigenvalue weighted by atomic mass is 9.83. The number of carbonyl (C=O) groups excluding carboxylic acids is 3. The van der Waals surface area contributed by atoms with Crippen molar-refractivity contribution < 1.29 is 14.4 Å². The van der Waals surface area contributed by atoms with E-state index in [1.165, 1.54) is 0 Å². The van der Waals surface area contributed by atoms with Gasteiger partial charge in [-0.1, -0.05) is 60.7 Å². The van der Waals surface area contributed by atoms with Gasteiger partial charge < -0.3 is 5.32 Å². The van der Waals surface area contributed by atoms with Crippen LogP contribution in [-0.2, 0) is 0 Å². The van der Waals surface area contributed by atoms with Crippen molar-refractivity contribution >= 4 is 34.5 Å². The lowest BCUT2D eigenvalue weighted by molar-refractivity contribution is 0.0979. The van der Waals surface area contributed by atoms with E-state index in [-0.39, 0.29) is 34.3 Å². The largest absolute Gasteiger partial charge is 0.320 e. The molecule has 0 aliphatic heterocycles. The van der Waals surface area contributed by atoms with Crippen LogP contribution in [0.15, 0.2) is 107 Å². The van der Waals surface area contributed by atoms with Crippen molar-refractivity contribution in [2.75, 3.05) is 5.32 Å². The molecule has 0 spiro atoms. The van der Waals surface area contributed by atoms with Gasteiger partial charge in [0, 0.05) is 22.3 Å². The Labute approximate surface area is 189 Å². The second-order valence-electron chi connectivity index (χ2n) is 7.44. The molecular formula is C27H17N3O3. The van der Waals surface area contributed by atoms with Gasteiger partial charge in [0.25, 0.3) is 5.91 Å². The summed E-state index contributed by atoms with van der Waals surface area (Å²) in [6.45, 7) is 0. The fourth-order valence-corrected chi connectivity index (χ4v) is 3.76. The predicted octanol–water partition coefficient (Wildman–Crippen LogP) is 6.13. The summed E-state index contributed by atoms with van der Waals surface area (Å²) in [6.07, 6.45) is 0. The van der Waals surface area contributed by atoms with Gasteiger partial charge in [0.2, 0.25) is 0 Å². The predicted molar refractivity (Wildman–Crippen MR) is 125 cm³/mol. The molecule has 0 aromatic heterocycles. The molecule has 1 amide bonds. The van der Waals surface area contributed by atoms with Crippen molar-refractivity contribution in [2.24, 2.45) is 10.2 Å². The molecular weight excluding hydrogens is 414 g/mol. The molecule has 1 aliphatic rings. The molecule has 0 heterocycles. The van der Waals surface area contributed by atoms with Crippen molar-refractivity contribution in [3.05, 3.63) is 125 Å². The van der Waals surface area contributed by atoms with E-state index in [2.05, 4.69) is 15.5 Å². The Morgan fingerprint density at radius 3 is 1.91 bits per heavy atom. The van der Waals surface area contributed by atoms with Gasteiger partial charge in [-0.3, -0.25) is 14.4 Å². The van der Waals surface area contributed by atoms with Crippen LogP contribution in [0.4, 0.5) is 17.1 Å². The molecule has 33 heavy (non-hydrogen) atoms. The Morgan fingerprint density at radius 1 is 0.606 bits per heavy atom. The first-order valence-corrected chi connectivity index (χ1v) is 10.3. The number of fused-ring (bicyclic) bond motifs is 2. The van der Waals surface area contributed by atoms with Gasteiger partial charge in [0.15, 0.2) is 11.6 Å². The highest BCUT2D eigenvalue weighted by Crippen LogP contribution is 2.39. The van der Waals surface area contributed by atoms with Crippen molar-refractivity contribution in [2.45, 2.75) is 0 Å². The monoisotopic (exact) mass is 431 g/mol. The smallest absolute Gasteiger partial charge is 0.255 e. The number of carbonyl (C=O) groups is 3. The number of amides is 1. The normalized spacial score (nSPS) is 12.4. The standard InChI is InChI=1S/C27H17N3O3/c31-25-19-13-7-8-14-20(19)26(32)23-21(25)15-16-22(28-27(33)17-9-3-1-4-10-17)24(23)30-29-18-11-5-2-6-12-18/h1-16H,(H,28,33). The molecule has 0 saturated carbocycles. The van der Waals surface area contributed by atoms with E-state index in [4.69, 9.17) is 0 Å². The summed E-state index contributed by atoms with van der Waals surface area (Å²) in [4.78, 5) is 39.4. The lowest BCUT2D eigenvalue weighted by Gasteiger charge is -2.20. The minimum Gasteiger partial charge on any atom is -0.320 e. The van der Waals surface area contributed by atoms with Gasteiger partial charge in [-0.15, -0.1) is 5.11 Å². The van der Waals surface area contributed by atoms with Crippen molar-refractivity contribution in [1.29, 1.82) is 0 Å². The topological polar surface area (TPSA) is 88.0 Å². The zero-order chi connectivity index (χ0) is 22.8. The van der Waals surface area contributed by atoms with Crippen LogP contribution in [0, 0.1) is 0 Å². The highest BCUT2D eigenvalue weighted by atomic mass is 16.2. The summed E-state index contributed by atoms with van der Waals surface area (Å²) in [5.74, 6) is -0.961. The Balaban J connectivity index is 1.65. The van der Waals surface area contributed by atoms with Crippen LogP contribution >= 0.6 is 0 Å². The molecule has 0 bridgehead atoms. The Bertz CT molecular complexity index is 1430. The molecule has 4 aromatic carbocycles. The van der Waals surface area contributed by atoms with Gasteiger partial charge in [0.1, 0.15) is 5.69 Å². The first-order valence-electron chi connectivity index (χ1n) is 10.3. The minimum atomic E-state index is -0.360. The van der Waals surface area contributed by atoms with E-state index in [9.17, 15) is 14.4 Å². The number of azo groups is 1. The quantitative estimate of drug-likeness (QED) is 0.347. The second kappa shape index (κ2) is 8.43. The molecule has 4 aromatic rings. The maximum atomic E-state index is 13.4. The van der Waals surface area contributed by atoms with E-state index in [0.717, 1.165) is 0 Å². The molecule has 6 heteroatoms. The Hall–Kier alpha value is -4.71. The number of nitrogens with zero attached hydrogens (tertiary/aromatic N) is 2. The first kappa shape index (κ1) is 20.2. The molecule has 0 atom stereocenters. The van der Waals surface area contributed by atoms with E-state index < -0.39 is 0 Å². The fourth-order valence-electron chi connectivity index (χ4n) is 3.76. The van der Waals surface area contributed by atoms with Gasteiger partial charge in [-0.2, -0.15) is 5.11 Å². The first-order chi connectivity index (χ1) is 16.1. The van der Waals surface area contributed by atoms with E-state index >= 15 is 0 Å². The molecule has 1 N–H and O–H groups in total. The average molecular weight is 431 g/mol. The van der Waals surface area contributed by atoms with Gasteiger partial charge in [-0.25, -0.2) is 0 Å². The van der Waals surface area contributed by atoms with Gasteiger partial charge >= 0.3 is 0 Å². The van der Waals surface area contributed by atoms with Crippen LogP contribution in [0.25, 0.3) is 0 Å². The van der Waals surface area contributed by atoms with Crippen LogP contribution in [0.5, 0.6) is 0 Å². The summed E-state index contributed by atoms with van der Waals surface area (Å²) in [7, 11) is 0. The third-order valence-corrected chi connectivity index (χ3v) is 5.37. The van der Waals surface area contributed by atoms with Crippen LogP contribution < -0.4 is 5.32 Å². The summed E-state index contributed by atoms with van der Waals surface area (Å²) in [6, 6.07) is 27.5. The fraction of sp³-hybridized carbons (Fsp3) is 0. The number of nitrogens with one attached hydrogen (secondary N) is 1. The highest BCUT2D eigenvalue weighted by molar-refractivity contribution is 6.30. The Morgan fingerprint density at radius 2 is 1.21 bits per heavy atom. The highest BCUT2D eigenvalue weighted by Gasteiger charge is 2.33. The van der Waals surface area contributed by atoms with E-state index in [0.29, 0.717) is 28.1 Å². The summed E-state index contributed by atoms with van der Waals surface area (Å²) in [5, 5.41) is 11.4. The molecule has 6 nitrogen and oxygen atoms in total. The SMILES string of the molecule is O=C(Nc1ccc2c(c1N=Nc1ccccc1)C(=O)c1ccccc1C2=O)c1ccccc1. The minimum absolute atomic E-state index is 0.129. The summed E-state index contributed by atoms with van der Waals surface area (Å²) in [5.41, 5.74) is 2.48. The maximum Gasteiger partial charge on any atom is 0.255 e. The van der Waals surface area contributed by atoms with Crippen LogP contribution in [0.1, 0.15) is 42.2 Å². The van der Waals surface area contributed by atoms with Crippen molar-refractivity contribution in [1.82, 2.24) is 0 Å². The second-order valence-corrected chi connectivity index (χ2v) is 7.44. The van der Waals surface area contributed by atoms with Gasteiger partial charge in [0.05, 0.1) is 16.9 Å². The third-order valence-electron chi connectivity index (χ3n) is 5.37. The number of hydrogen-bond acceptors (Lipinski definition) is 5. The number of rotatable bonds is 4. The zero-order valence-electron chi connectivity index (χ0n) is 17.4. The maximum absolute atomic E-state index is 13.4. The van der Waals surface area contributed by atoms with E-state index in [1.54, 1.807) is 72.8 Å². The lowest BCUT2D eigenvalue weighted by Crippen LogP contribution is -2.22. The van der Waals surface area contributed by atoms with Crippen LogP contribution in [-0.4, -0.2) is 17.5 Å². The molecule has 5 rings (SSSR count). The summed E-state index contributed by atoms with van der Waals surface area (Å²) >= 11 is 0. The molecule has 1 aliphatic carbocycles. The number of ketones is 2. The van der Waals surface area contributed by atoms with Crippen molar-refractivity contribution in [3.63, 3.8) is 0 Å². The number of benzene rings is 4. The molecule has 0 fully saturated rings. The third kappa shape index (κ3) is 3.74. The number of anilines is 1. The van der Waals surface area contributed by atoms with E-state index in [1.807, 2.05) is 24.3 Å². The molecule has 158 valence electrons.